The first-order valence-corrected chi connectivity index (χ1v) is 12.7. The summed E-state index contributed by atoms with van der Waals surface area (Å²) in [6.45, 7) is 3.98. The Hall–Kier alpha value is -2.86. The summed E-state index contributed by atoms with van der Waals surface area (Å²) in [6, 6.07) is 15.2. The number of anilines is 1. The lowest BCUT2D eigenvalue weighted by Gasteiger charge is -2.39. The lowest BCUT2D eigenvalue weighted by molar-refractivity contribution is -0.253. The van der Waals surface area contributed by atoms with Gasteiger partial charge in [0, 0.05) is 50.1 Å². The summed E-state index contributed by atoms with van der Waals surface area (Å²) in [7, 11) is 0. The fraction of sp³-hybridized carbons (Fsp3) is 0.481. The molecule has 3 atom stereocenters. The van der Waals surface area contributed by atoms with Crippen LogP contribution in [0.4, 0.5) is 5.69 Å². The van der Waals surface area contributed by atoms with Crippen molar-refractivity contribution >= 4 is 17.5 Å². The molecule has 2 aromatic rings. The molecule has 200 valence electrons. The number of nitrogens with one attached hydrogen (secondary N) is 2. The lowest BCUT2D eigenvalue weighted by atomic mass is 9.99. The van der Waals surface area contributed by atoms with E-state index < -0.39 is 12.2 Å². The van der Waals surface area contributed by atoms with Gasteiger partial charge in [0.25, 0.3) is 0 Å². The standard InChI is InChI=1S/C27H35N3O7/c31-18-19-4-6-20(7-5-19)24-16-23(17-30-12-14-35-15-13-30)36-27(37-24)21-8-10-22(11-9-21)28-25(32)2-1-3-26(33)29-34/h4-11,23-24,27,31,34H,1-3,12-18H2,(H,28,32)(H,29,33). The third-order valence-electron chi connectivity index (χ3n) is 6.58. The van der Waals surface area contributed by atoms with Crippen molar-refractivity contribution in [2.45, 2.75) is 50.8 Å². The van der Waals surface area contributed by atoms with Crippen LogP contribution in [0.5, 0.6) is 0 Å². The van der Waals surface area contributed by atoms with Crippen LogP contribution in [-0.4, -0.2) is 66.0 Å². The number of nitrogens with zero attached hydrogens (tertiary/aromatic N) is 1. The van der Waals surface area contributed by atoms with E-state index >= 15 is 0 Å². The van der Waals surface area contributed by atoms with E-state index in [1.807, 2.05) is 36.4 Å². The highest BCUT2D eigenvalue weighted by Crippen LogP contribution is 2.38. The van der Waals surface area contributed by atoms with Gasteiger partial charge in [-0.25, -0.2) is 5.48 Å². The van der Waals surface area contributed by atoms with Gasteiger partial charge >= 0.3 is 0 Å². The van der Waals surface area contributed by atoms with E-state index in [9.17, 15) is 14.7 Å². The summed E-state index contributed by atoms with van der Waals surface area (Å²) in [5.41, 5.74) is 4.93. The van der Waals surface area contributed by atoms with E-state index in [1.165, 1.54) is 0 Å². The molecule has 4 N–H and O–H groups in total. The average Bonchev–Trinajstić information content (AvgIpc) is 2.93. The molecule has 0 aromatic heterocycles. The van der Waals surface area contributed by atoms with E-state index in [4.69, 9.17) is 19.4 Å². The largest absolute Gasteiger partial charge is 0.392 e. The molecule has 2 aromatic carbocycles. The molecule has 0 bridgehead atoms. The van der Waals surface area contributed by atoms with Gasteiger partial charge in [-0.15, -0.1) is 0 Å². The van der Waals surface area contributed by atoms with Crippen LogP contribution in [-0.2, 0) is 30.4 Å². The fourth-order valence-electron chi connectivity index (χ4n) is 4.52. The van der Waals surface area contributed by atoms with Crippen molar-refractivity contribution < 1.29 is 34.1 Å². The minimum atomic E-state index is -0.566. The number of benzene rings is 2. The molecular formula is C27H35N3O7. The molecule has 2 fully saturated rings. The highest BCUT2D eigenvalue weighted by atomic mass is 16.7. The number of morpholine rings is 1. The molecule has 2 amide bonds. The van der Waals surface area contributed by atoms with Gasteiger partial charge in [-0.3, -0.25) is 19.7 Å². The summed E-state index contributed by atoms with van der Waals surface area (Å²) in [5.74, 6) is -0.722. The Morgan fingerprint density at radius 2 is 1.59 bits per heavy atom. The fourth-order valence-corrected chi connectivity index (χ4v) is 4.52. The molecule has 3 unspecified atom stereocenters. The number of carbonyl (C=O) groups is 2. The van der Waals surface area contributed by atoms with Crippen LogP contribution in [0.3, 0.4) is 0 Å². The van der Waals surface area contributed by atoms with Crippen molar-refractivity contribution in [2.75, 3.05) is 38.2 Å². The maximum atomic E-state index is 12.2. The Kier molecular flexibility index (Phi) is 10.0. The zero-order chi connectivity index (χ0) is 26.0. The lowest BCUT2D eigenvalue weighted by Crippen LogP contribution is -2.44. The van der Waals surface area contributed by atoms with Crippen LogP contribution in [0.1, 0.15) is 54.8 Å². The molecule has 0 aliphatic carbocycles. The summed E-state index contributed by atoms with van der Waals surface area (Å²) in [6.07, 6.45) is 0.547. The van der Waals surface area contributed by atoms with Crippen LogP contribution in [0.25, 0.3) is 0 Å². The van der Waals surface area contributed by atoms with Crippen LogP contribution < -0.4 is 10.8 Å². The number of hydrogen-bond acceptors (Lipinski definition) is 8. The minimum absolute atomic E-state index is 0.00191. The van der Waals surface area contributed by atoms with Crippen molar-refractivity contribution in [3.63, 3.8) is 0 Å². The van der Waals surface area contributed by atoms with Gasteiger partial charge in [-0.1, -0.05) is 36.4 Å². The number of amides is 2. The average molecular weight is 514 g/mol. The predicted molar refractivity (Wildman–Crippen MR) is 135 cm³/mol. The number of aliphatic hydroxyl groups excluding tert-OH is 1. The molecule has 2 saturated heterocycles. The van der Waals surface area contributed by atoms with E-state index in [-0.39, 0.29) is 37.6 Å². The van der Waals surface area contributed by atoms with Crippen LogP contribution in [0.15, 0.2) is 48.5 Å². The van der Waals surface area contributed by atoms with Gasteiger partial charge in [-0.05, 0) is 29.7 Å². The number of aliphatic hydroxyl groups is 1. The Labute approximate surface area is 216 Å². The zero-order valence-electron chi connectivity index (χ0n) is 20.8. The summed E-state index contributed by atoms with van der Waals surface area (Å²) >= 11 is 0. The molecule has 0 spiro atoms. The van der Waals surface area contributed by atoms with Crippen molar-refractivity contribution in [1.82, 2.24) is 10.4 Å². The first kappa shape index (κ1) is 27.2. The van der Waals surface area contributed by atoms with Gasteiger partial charge in [0.2, 0.25) is 11.8 Å². The topological polar surface area (TPSA) is 130 Å². The number of carbonyl (C=O) groups excluding carboxylic acids is 2. The summed E-state index contributed by atoms with van der Waals surface area (Å²) in [4.78, 5) is 25.6. The van der Waals surface area contributed by atoms with Crippen LogP contribution >= 0.6 is 0 Å². The Morgan fingerprint density at radius 3 is 2.27 bits per heavy atom. The van der Waals surface area contributed by atoms with Gasteiger partial charge < -0.3 is 24.6 Å². The van der Waals surface area contributed by atoms with Crippen LogP contribution in [0, 0.1) is 0 Å². The van der Waals surface area contributed by atoms with E-state index in [1.54, 1.807) is 17.6 Å². The number of hydroxylamine groups is 1. The number of hydrogen-bond donors (Lipinski definition) is 4. The molecule has 0 saturated carbocycles. The molecular weight excluding hydrogens is 478 g/mol. The van der Waals surface area contributed by atoms with Crippen molar-refractivity contribution in [2.24, 2.45) is 0 Å². The van der Waals surface area contributed by atoms with Crippen LogP contribution in [0.2, 0.25) is 0 Å². The van der Waals surface area contributed by atoms with Crippen molar-refractivity contribution in [3.05, 3.63) is 65.2 Å². The first-order valence-electron chi connectivity index (χ1n) is 12.7. The first-order chi connectivity index (χ1) is 18.0. The molecule has 2 heterocycles. The second-order valence-corrected chi connectivity index (χ2v) is 9.32. The molecule has 2 aliphatic rings. The molecule has 10 nitrogen and oxygen atoms in total. The molecule has 37 heavy (non-hydrogen) atoms. The second kappa shape index (κ2) is 13.6. The van der Waals surface area contributed by atoms with Gasteiger partial charge in [0.15, 0.2) is 6.29 Å². The Morgan fingerprint density at radius 1 is 0.919 bits per heavy atom. The molecule has 10 heteroatoms. The van der Waals surface area contributed by atoms with E-state index in [0.29, 0.717) is 12.1 Å². The van der Waals surface area contributed by atoms with Gasteiger partial charge in [-0.2, -0.15) is 0 Å². The number of rotatable bonds is 10. The quantitative estimate of drug-likeness (QED) is 0.282. The van der Waals surface area contributed by atoms with Gasteiger partial charge in [0.1, 0.15) is 0 Å². The predicted octanol–water partition coefficient (Wildman–Crippen LogP) is 2.67. The second-order valence-electron chi connectivity index (χ2n) is 9.32. The van der Waals surface area contributed by atoms with Gasteiger partial charge in [0.05, 0.1) is 32.0 Å². The maximum Gasteiger partial charge on any atom is 0.243 e. The van der Waals surface area contributed by atoms with E-state index in [0.717, 1.165) is 56.0 Å². The SMILES string of the molecule is O=C(CCCC(=O)Nc1ccc(C2OC(CN3CCOCC3)CC(c3ccc(CO)cc3)O2)cc1)NO. The molecule has 2 aliphatic heterocycles. The third-order valence-corrected chi connectivity index (χ3v) is 6.58. The Bertz CT molecular complexity index is 1010. The van der Waals surface area contributed by atoms with Crippen molar-refractivity contribution in [1.29, 1.82) is 0 Å². The highest BCUT2D eigenvalue weighted by molar-refractivity contribution is 5.91. The third kappa shape index (κ3) is 8.06. The monoisotopic (exact) mass is 513 g/mol. The maximum absolute atomic E-state index is 12.2. The smallest absolute Gasteiger partial charge is 0.243 e. The highest BCUT2D eigenvalue weighted by Gasteiger charge is 2.33. The summed E-state index contributed by atoms with van der Waals surface area (Å²) in [5, 5.41) is 20.7. The Balaban J connectivity index is 1.41. The molecule has 0 radical (unpaired) electrons. The van der Waals surface area contributed by atoms with Crippen molar-refractivity contribution in [3.8, 4) is 0 Å². The number of ether oxygens (including phenoxy) is 3. The zero-order valence-corrected chi connectivity index (χ0v) is 20.8. The van der Waals surface area contributed by atoms with E-state index in [2.05, 4.69) is 10.2 Å². The minimum Gasteiger partial charge on any atom is -0.392 e. The molecule has 4 rings (SSSR count). The summed E-state index contributed by atoms with van der Waals surface area (Å²) < 4.78 is 18.3. The normalized spacial score (nSPS) is 22.4.